The van der Waals surface area contributed by atoms with E-state index in [0.29, 0.717) is 5.89 Å². The summed E-state index contributed by atoms with van der Waals surface area (Å²) in [6.07, 6.45) is 0. The van der Waals surface area contributed by atoms with Gasteiger partial charge in [-0.25, -0.2) is 4.98 Å². The molecule has 0 aliphatic carbocycles. The highest BCUT2D eigenvalue weighted by molar-refractivity contribution is 7.04. The first-order valence-electron chi connectivity index (χ1n) is 16.8. The molecular weight excluding hydrogens is 613 g/mol. The van der Waals surface area contributed by atoms with Crippen molar-refractivity contribution in [2.75, 3.05) is 4.90 Å². The Kier molecular flexibility index (Phi) is 6.92. The molecule has 1 aromatic heterocycles. The summed E-state index contributed by atoms with van der Waals surface area (Å²) in [4.78, 5) is 7.23. The lowest BCUT2D eigenvalue weighted by molar-refractivity contribution is 0.620. The monoisotopic (exact) mass is 646 g/mol. The number of para-hydroxylation sites is 2. The van der Waals surface area contributed by atoms with Crippen molar-refractivity contribution in [3.8, 4) is 44.8 Å². The van der Waals surface area contributed by atoms with Crippen LogP contribution in [0.4, 0.5) is 17.1 Å². The van der Waals surface area contributed by atoms with Crippen LogP contribution in [0.3, 0.4) is 0 Å². The number of anilines is 3. The van der Waals surface area contributed by atoms with Crippen molar-refractivity contribution in [1.82, 2.24) is 4.98 Å². The summed E-state index contributed by atoms with van der Waals surface area (Å²) in [6, 6.07) is 60.5. The lowest BCUT2D eigenvalue weighted by atomic mass is 9.98. The molecule has 49 heavy (non-hydrogen) atoms. The van der Waals surface area contributed by atoms with Crippen LogP contribution in [0.25, 0.3) is 55.9 Å². The fourth-order valence-corrected chi connectivity index (χ4v) is 11.0. The normalized spacial score (nSPS) is 12.9. The van der Waals surface area contributed by atoms with Crippen LogP contribution >= 0.6 is 0 Å². The highest BCUT2D eigenvalue weighted by Crippen LogP contribution is 2.39. The Bertz CT molecular complexity index is 2450. The van der Waals surface area contributed by atoms with Gasteiger partial charge in [0.05, 0.1) is 0 Å². The molecule has 4 heteroatoms. The molecule has 0 radical (unpaired) electrons. The SMILES string of the molecule is C[Si]1(C)c2ccccc2-c2cccc(-c3ccc(N(c4ccccc4)c4ccc(-c5cccc6oc(-c7ccccc7)nc56)cc4)cc3)c21. The van der Waals surface area contributed by atoms with Crippen molar-refractivity contribution < 1.29 is 4.42 Å². The molecule has 1 aliphatic heterocycles. The number of fused-ring (bicyclic) bond motifs is 4. The summed E-state index contributed by atoms with van der Waals surface area (Å²) in [5, 5.41) is 3.07. The molecule has 7 aromatic carbocycles. The molecule has 0 unspecified atom stereocenters. The first-order valence-corrected chi connectivity index (χ1v) is 19.8. The molecule has 0 N–H and O–H groups in total. The van der Waals surface area contributed by atoms with Gasteiger partial charge >= 0.3 is 0 Å². The average molecular weight is 647 g/mol. The number of nitrogens with zero attached hydrogens (tertiary/aromatic N) is 2. The number of hydrogen-bond acceptors (Lipinski definition) is 3. The topological polar surface area (TPSA) is 29.3 Å². The lowest BCUT2D eigenvalue weighted by Crippen LogP contribution is -2.50. The van der Waals surface area contributed by atoms with E-state index in [1.54, 1.807) is 0 Å². The average Bonchev–Trinajstić information content (AvgIpc) is 3.70. The van der Waals surface area contributed by atoms with Crippen LogP contribution in [0.5, 0.6) is 0 Å². The Morgan fingerprint density at radius 3 is 1.69 bits per heavy atom. The maximum atomic E-state index is 6.17. The van der Waals surface area contributed by atoms with Crippen molar-refractivity contribution >= 4 is 46.6 Å². The van der Waals surface area contributed by atoms with Crippen LogP contribution in [0.1, 0.15) is 0 Å². The van der Waals surface area contributed by atoms with Crippen LogP contribution in [-0.2, 0) is 0 Å². The molecule has 1 aliphatic rings. The molecule has 0 saturated carbocycles. The molecule has 0 amide bonds. The Labute approximate surface area is 287 Å². The van der Waals surface area contributed by atoms with E-state index in [1.165, 1.54) is 32.6 Å². The van der Waals surface area contributed by atoms with Gasteiger partial charge in [0.2, 0.25) is 5.89 Å². The van der Waals surface area contributed by atoms with Gasteiger partial charge in [0.15, 0.2) is 5.58 Å². The first kappa shape index (κ1) is 29.2. The summed E-state index contributed by atoms with van der Waals surface area (Å²) < 4.78 is 6.17. The molecule has 8 aromatic rings. The van der Waals surface area contributed by atoms with Crippen LogP contribution in [0.15, 0.2) is 174 Å². The third-order valence-corrected chi connectivity index (χ3v) is 13.5. The minimum atomic E-state index is -1.84. The number of rotatable bonds is 6. The van der Waals surface area contributed by atoms with Gasteiger partial charge in [0.25, 0.3) is 0 Å². The van der Waals surface area contributed by atoms with Crippen LogP contribution in [0, 0.1) is 0 Å². The van der Waals surface area contributed by atoms with Crippen molar-refractivity contribution in [3.05, 3.63) is 170 Å². The quantitative estimate of drug-likeness (QED) is 0.168. The fourth-order valence-electron chi connectivity index (χ4n) is 7.58. The number of benzene rings is 7. The Balaban J connectivity index is 1.08. The number of hydrogen-bond donors (Lipinski definition) is 0. The van der Waals surface area contributed by atoms with Gasteiger partial charge in [-0.3, -0.25) is 0 Å². The molecule has 2 heterocycles. The summed E-state index contributed by atoms with van der Waals surface area (Å²) in [5.74, 6) is 0.634. The third kappa shape index (κ3) is 4.92. The highest BCUT2D eigenvalue weighted by atomic mass is 28.3. The van der Waals surface area contributed by atoms with Gasteiger partial charge in [-0.1, -0.05) is 128 Å². The van der Waals surface area contributed by atoms with Gasteiger partial charge in [0, 0.05) is 28.2 Å². The maximum absolute atomic E-state index is 6.17. The maximum Gasteiger partial charge on any atom is 0.227 e. The van der Waals surface area contributed by atoms with Crippen LogP contribution in [-0.4, -0.2) is 13.1 Å². The smallest absolute Gasteiger partial charge is 0.227 e. The predicted molar refractivity (Wildman–Crippen MR) is 207 cm³/mol. The Hall–Kier alpha value is -5.97. The van der Waals surface area contributed by atoms with E-state index < -0.39 is 8.07 Å². The van der Waals surface area contributed by atoms with Crippen molar-refractivity contribution in [3.63, 3.8) is 0 Å². The van der Waals surface area contributed by atoms with Gasteiger partial charge in [-0.05, 0) is 92.8 Å². The third-order valence-electron chi connectivity index (χ3n) is 9.91. The minimum absolute atomic E-state index is 0.634. The molecule has 0 fully saturated rings. The van der Waals surface area contributed by atoms with E-state index in [-0.39, 0.29) is 0 Å². The number of oxazole rings is 1. The van der Waals surface area contributed by atoms with Crippen molar-refractivity contribution in [2.24, 2.45) is 0 Å². The summed E-state index contributed by atoms with van der Waals surface area (Å²) >= 11 is 0. The Morgan fingerprint density at radius 1 is 0.449 bits per heavy atom. The zero-order valence-corrected chi connectivity index (χ0v) is 28.5. The van der Waals surface area contributed by atoms with E-state index in [4.69, 9.17) is 9.40 Å². The number of aromatic nitrogens is 1. The standard InChI is InChI=1S/C45H34N2OSi/c1-49(2)42-22-10-9-17-39(42)40-20-11-19-38(44(40)49)32-25-29-36(30-26-32)47(34-15-7-4-8-16-34)35-27-23-31(24-28-35)37-18-12-21-41-43(37)46-45(48-41)33-13-5-3-6-14-33/h3-30H,1-2H3. The van der Waals surface area contributed by atoms with E-state index in [1.807, 2.05) is 42.5 Å². The lowest BCUT2D eigenvalue weighted by Gasteiger charge is -2.26. The second kappa shape index (κ2) is 11.6. The van der Waals surface area contributed by atoms with E-state index in [9.17, 15) is 0 Å². The zero-order chi connectivity index (χ0) is 33.0. The summed E-state index contributed by atoms with van der Waals surface area (Å²) in [7, 11) is -1.84. The fraction of sp³-hybridized carbons (Fsp3) is 0.0444. The van der Waals surface area contributed by atoms with Gasteiger partial charge in [0.1, 0.15) is 13.6 Å². The van der Waals surface area contributed by atoms with E-state index >= 15 is 0 Å². The predicted octanol–water partition coefficient (Wildman–Crippen LogP) is 11.1. The molecule has 3 nitrogen and oxygen atoms in total. The van der Waals surface area contributed by atoms with Crippen molar-refractivity contribution in [1.29, 1.82) is 0 Å². The molecule has 0 spiro atoms. The van der Waals surface area contributed by atoms with Crippen molar-refractivity contribution in [2.45, 2.75) is 13.1 Å². The Morgan fingerprint density at radius 2 is 0.980 bits per heavy atom. The molecule has 0 bridgehead atoms. The molecule has 234 valence electrons. The van der Waals surface area contributed by atoms with Gasteiger partial charge in [-0.15, -0.1) is 0 Å². The molecule has 0 atom stereocenters. The second-order valence-electron chi connectivity index (χ2n) is 13.2. The second-order valence-corrected chi connectivity index (χ2v) is 17.5. The largest absolute Gasteiger partial charge is 0.436 e. The van der Waals surface area contributed by atoms with Gasteiger partial charge < -0.3 is 9.32 Å². The van der Waals surface area contributed by atoms with Crippen LogP contribution in [0.2, 0.25) is 13.1 Å². The molecule has 0 saturated heterocycles. The van der Waals surface area contributed by atoms with Gasteiger partial charge in [-0.2, -0.15) is 0 Å². The summed E-state index contributed by atoms with van der Waals surface area (Å²) in [5.41, 5.74) is 13.5. The molecular formula is C45H34N2OSi. The highest BCUT2D eigenvalue weighted by Gasteiger charge is 2.39. The first-order chi connectivity index (χ1) is 24.1. The zero-order valence-electron chi connectivity index (χ0n) is 27.5. The summed E-state index contributed by atoms with van der Waals surface area (Å²) in [6.45, 7) is 4.98. The van der Waals surface area contributed by atoms with Crippen LogP contribution < -0.4 is 15.3 Å². The minimum Gasteiger partial charge on any atom is -0.436 e. The van der Waals surface area contributed by atoms with E-state index in [2.05, 4.69) is 145 Å². The van der Waals surface area contributed by atoms with E-state index in [0.717, 1.165) is 44.9 Å². The molecule has 9 rings (SSSR count).